The number of nitrogens with one attached hydrogen (secondary N) is 1. The fraction of sp³-hybridized carbons (Fsp3) is 0.556. The Bertz CT molecular complexity index is 1130. The number of esters is 1. The highest BCUT2D eigenvalue weighted by Crippen LogP contribution is 2.28. The Balaban J connectivity index is 1.96. The lowest BCUT2D eigenvalue weighted by Gasteiger charge is -2.36. The number of ether oxygens (including phenoxy) is 2. The Hall–Kier alpha value is -3.20. The summed E-state index contributed by atoms with van der Waals surface area (Å²) in [4.78, 5) is 45.5. The summed E-state index contributed by atoms with van der Waals surface area (Å²) in [5, 5.41) is 3.02. The van der Waals surface area contributed by atoms with Crippen LogP contribution in [0.4, 0.5) is 5.69 Å². The van der Waals surface area contributed by atoms with Gasteiger partial charge in [-0.1, -0.05) is 13.8 Å². The molecule has 0 spiro atoms. The molecular weight excluding hydrogens is 460 g/mol. The van der Waals surface area contributed by atoms with Crippen LogP contribution in [0.15, 0.2) is 35.4 Å². The first-order valence-electron chi connectivity index (χ1n) is 12.5. The zero-order chi connectivity index (χ0) is 26.4. The van der Waals surface area contributed by atoms with E-state index >= 15 is 0 Å². The highest BCUT2D eigenvalue weighted by molar-refractivity contribution is 5.82. The van der Waals surface area contributed by atoms with E-state index in [1.54, 1.807) is 12.4 Å². The van der Waals surface area contributed by atoms with Gasteiger partial charge in [0.2, 0.25) is 5.91 Å². The number of methoxy groups -OCH3 is 1. The third kappa shape index (κ3) is 6.72. The molecule has 1 fully saturated rings. The minimum atomic E-state index is -0.713. The molecule has 1 N–H and O–H groups in total. The second kappa shape index (κ2) is 12.2. The van der Waals surface area contributed by atoms with Crippen molar-refractivity contribution in [3.8, 4) is 0 Å². The van der Waals surface area contributed by atoms with Gasteiger partial charge in [0, 0.05) is 31.0 Å². The molecule has 9 heteroatoms. The van der Waals surface area contributed by atoms with E-state index in [4.69, 9.17) is 9.47 Å². The quantitative estimate of drug-likeness (QED) is 0.530. The van der Waals surface area contributed by atoms with Gasteiger partial charge in [-0.15, -0.1) is 0 Å². The van der Waals surface area contributed by atoms with Crippen LogP contribution in [0.2, 0.25) is 0 Å². The maximum Gasteiger partial charge on any atom is 0.307 e. The fourth-order valence-corrected chi connectivity index (χ4v) is 4.51. The first-order valence-corrected chi connectivity index (χ1v) is 12.5. The summed E-state index contributed by atoms with van der Waals surface area (Å²) in [7, 11) is 1.32. The Morgan fingerprint density at radius 2 is 2.03 bits per heavy atom. The van der Waals surface area contributed by atoms with Crippen molar-refractivity contribution in [3.05, 3.63) is 57.8 Å². The smallest absolute Gasteiger partial charge is 0.307 e. The van der Waals surface area contributed by atoms with Crippen LogP contribution in [0.1, 0.15) is 62.5 Å². The lowest BCUT2D eigenvalue weighted by Crippen LogP contribution is -2.44. The monoisotopic (exact) mass is 498 g/mol. The van der Waals surface area contributed by atoms with E-state index in [2.05, 4.69) is 22.1 Å². The van der Waals surface area contributed by atoms with Crippen LogP contribution >= 0.6 is 0 Å². The highest BCUT2D eigenvalue weighted by atomic mass is 16.5. The molecule has 2 aromatic heterocycles. The van der Waals surface area contributed by atoms with Gasteiger partial charge >= 0.3 is 5.97 Å². The third-order valence-corrected chi connectivity index (χ3v) is 6.51. The van der Waals surface area contributed by atoms with Crippen molar-refractivity contribution in [1.82, 2.24) is 14.9 Å². The zero-order valence-electron chi connectivity index (χ0n) is 22.1. The van der Waals surface area contributed by atoms with Crippen molar-refractivity contribution in [2.45, 2.75) is 65.6 Å². The number of pyridine rings is 2. The number of anilines is 1. The van der Waals surface area contributed by atoms with E-state index in [0.29, 0.717) is 25.2 Å². The molecule has 36 heavy (non-hydrogen) atoms. The summed E-state index contributed by atoms with van der Waals surface area (Å²) in [5.41, 5.74) is 3.10. The van der Waals surface area contributed by atoms with Crippen molar-refractivity contribution in [3.63, 3.8) is 0 Å². The molecule has 0 radical (unpaired) electrons. The molecule has 9 nitrogen and oxygen atoms in total. The second-order valence-corrected chi connectivity index (χ2v) is 9.93. The summed E-state index contributed by atoms with van der Waals surface area (Å²) in [6.45, 7) is 11.9. The SMILES string of the molecule is COC(=O)C[C@H](NC(=O)[C@H](CC(C)C)n1ccc(C)cc1=O)c1cnc(C)c(N2CCOC[C@@H]2C)c1. The molecule has 1 aliphatic heterocycles. The molecule has 0 aromatic carbocycles. The molecule has 0 aliphatic carbocycles. The van der Waals surface area contributed by atoms with Gasteiger partial charge in [0.05, 0.1) is 44.2 Å². The van der Waals surface area contributed by atoms with E-state index in [-0.39, 0.29) is 29.8 Å². The van der Waals surface area contributed by atoms with Crippen molar-refractivity contribution < 1.29 is 19.1 Å². The number of hydrogen-bond acceptors (Lipinski definition) is 7. The molecule has 0 bridgehead atoms. The van der Waals surface area contributed by atoms with Crippen LogP contribution in [0.5, 0.6) is 0 Å². The highest BCUT2D eigenvalue weighted by Gasteiger charge is 2.28. The van der Waals surface area contributed by atoms with Crippen molar-refractivity contribution in [2.24, 2.45) is 5.92 Å². The zero-order valence-corrected chi connectivity index (χ0v) is 22.1. The Kier molecular flexibility index (Phi) is 9.25. The summed E-state index contributed by atoms with van der Waals surface area (Å²) < 4.78 is 12.0. The molecule has 3 rings (SSSR count). The van der Waals surface area contributed by atoms with Crippen molar-refractivity contribution in [2.75, 3.05) is 31.8 Å². The molecular formula is C27H38N4O5. The number of carbonyl (C=O) groups excluding carboxylic acids is 2. The molecule has 3 heterocycles. The van der Waals surface area contributed by atoms with Crippen molar-refractivity contribution >= 4 is 17.6 Å². The predicted octanol–water partition coefficient (Wildman–Crippen LogP) is 3.09. The average Bonchev–Trinajstić information content (AvgIpc) is 2.83. The van der Waals surface area contributed by atoms with Crippen LogP contribution in [-0.2, 0) is 19.1 Å². The van der Waals surface area contributed by atoms with E-state index < -0.39 is 18.1 Å². The molecule has 1 saturated heterocycles. The second-order valence-electron chi connectivity index (χ2n) is 9.93. The van der Waals surface area contributed by atoms with Gasteiger partial charge in [-0.05, 0) is 56.4 Å². The van der Waals surface area contributed by atoms with Gasteiger partial charge in [-0.2, -0.15) is 0 Å². The Labute approximate surface area is 212 Å². The molecule has 1 amide bonds. The minimum absolute atomic E-state index is 0.0533. The maximum atomic E-state index is 13.6. The van der Waals surface area contributed by atoms with Gasteiger partial charge in [0.1, 0.15) is 6.04 Å². The fourth-order valence-electron chi connectivity index (χ4n) is 4.51. The maximum absolute atomic E-state index is 13.6. The lowest BCUT2D eigenvalue weighted by molar-refractivity contribution is -0.141. The summed E-state index contributed by atoms with van der Waals surface area (Å²) in [5.74, 6) is -0.607. The van der Waals surface area contributed by atoms with Gasteiger partial charge in [-0.25, -0.2) is 0 Å². The summed E-state index contributed by atoms with van der Waals surface area (Å²) in [6.07, 6.45) is 3.77. The normalized spacial score (nSPS) is 17.5. The minimum Gasteiger partial charge on any atom is -0.469 e. The number of morpholine rings is 1. The van der Waals surface area contributed by atoms with E-state index in [0.717, 1.165) is 23.5 Å². The first kappa shape index (κ1) is 27.4. The van der Waals surface area contributed by atoms with Gasteiger partial charge in [0.25, 0.3) is 5.56 Å². The molecule has 0 saturated carbocycles. The standard InChI is InChI=1S/C27H38N4O5/c1-17(2)11-24(31-8-7-18(3)12-25(31)32)27(34)29-22(14-26(33)35-6)21-13-23(20(5)28-15-21)30-9-10-36-16-19(30)4/h7-8,12-13,15,17,19,22,24H,9-11,14,16H2,1-6H3,(H,29,34)/t19-,22-,24-/m0/s1. The largest absolute Gasteiger partial charge is 0.469 e. The van der Waals surface area contributed by atoms with Gasteiger partial charge in [-0.3, -0.25) is 19.4 Å². The molecule has 1 aliphatic rings. The van der Waals surface area contributed by atoms with Crippen LogP contribution in [0, 0.1) is 19.8 Å². The van der Waals surface area contributed by atoms with Crippen LogP contribution in [-0.4, -0.2) is 54.3 Å². The van der Waals surface area contributed by atoms with Crippen molar-refractivity contribution in [1.29, 1.82) is 0 Å². The van der Waals surface area contributed by atoms with Crippen LogP contribution in [0.25, 0.3) is 0 Å². The third-order valence-electron chi connectivity index (χ3n) is 6.51. The molecule has 0 unspecified atom stereocenters. The van der Waals surface area contributed by atoms with Crippen LogP contribution in [0.3, 0.4) is 0 Å². The number of rotatable bonds is 9. The van der Waals surface area contributed by atoms with Gasteiger partial charge in [0.15, 0.2) is 0 Å². The number of carbonyl (C=O) groups is 2. The first-order chi connectivity index (χ1) is 17.1. The van der Waals surface area contributed by atoms with Gasteiger partial charge < -0.3 is 24.3 Å². The number of hydrogen-bond donors (Lipinski definition) is 1. The number of aryl methyl sites for hydroxylation is 2. The number of nitrogens with zero attached hydrogens (tertiary/aromatic N) is 3. The van der Waals surface area contributed by atoms with Crippen LogP contribution < -0.4 is 15.8 Å². The lowest BCUT2D eigenvalue weighted by atomic mass is 9.99. The topological polar surface area (TPSA) is 103 Å². The Morgan fingerprint density at radius 3 is 2.67 bits per heavy atom. The summed E-state index contributed by atoms with van der Waals surface area (Å²) >= 11 is 0. The molecule has 196 valence electrons. The van der Waals surface area contributed by atoms with E-state index in [1.165, 1.54) is 17.7 Å². The van der Waals surface area contributed by atoms with E-state index in [9.17, 15) is 14.4 Å². The summed E-state index contributed by atoms with van der Waals surface area (Å²) in [6, 6.07) is 4.11. The Morgan fingerprint density at radius 1 is 1.28 bits per heavy atom. The predicted molar refractivity (Wildman–Crippen MR) is 138 cm³/mol. The molecule has 3 atom stereocenters. The number of amides is 1. The molecule has 2 aromatic rings. The van der Waals surface area contributed by atoms with E-state index in [1.807, 2.05) is 39.8 Å². The average molecular weight is 499 g/mol. The number of aromatic nitrogens is 2.